The second-order valence-corrected chi connectivity index (χ2v) is 4.89. The lowest BCUT2D eigenvalue weighted by molar-refractivity contribution is 0.0973. The van der Waals surface area contributed by atoms with Gasteiger partial charge in [0.15, 0.2) is 23.0 Å². The molecule has 0 aliphatic rings. The molecule has 1 rings (SSSR count). The van der Waals surface area contributed by atoms with Gasteiger partial charge in [-0.1, -0.05) is 36.5 Å². The van der Waals surface area contributed by atoms with Crippen LogP contribution in [0.5, 0.6) is 17.2 Å². The Kier molecular flexibility index (Phi) is 6.43. The van der Waals surface area contributed by atoms with Gasteiger partial charge in [0.05, 0.1) is 21.3 Å². The second kappa shape index (κ2) is 7.60. The van der Waals surface area contributed by atoms with Gasteiger partial charge in [-0.2, -0.15) is 0 Å². The fraction of sp³-hybridized carbons (Fsp3) is 0.500. The molecule has 0 saturated heterocycles. The van der Waals surface area contributed by atoms with E-state index >= 15 is 0 Å². The van der Waals surface area contributed by atoms with Crippen LogP contribution in [0.1, 0.15) is 36.5 Å². The van der Waals surface area contributed by atoms with E-state index in [2.05, 4.69) is 0 Å². The number of Topliss-reactive ketones (excluding diaryl/α,β-unsaturated/α-hetero) is 1. The highest BCUT2D eigenvalue weighted by molar-refractivity contribution is 6.40. The molecule has 0 amide bonds. The Hall–Kier alpha value is -1.13. The molecule has 0 aliphatic carbocycles. The lowest BCUT2D eigenvalue weighted by Crippen LogP contribution is -2.07. The van der Waals surface area contributed by atoms with Crippen molar-refractivity contribution in [2.75, 3.05) is 21.3 Å². The number of carbonyl (C=O) groups excluding carboxylic acids is 1. The fourth-order valence-electron chi connectivity index (χ4n) is 1.90. The van der Waals surface area contributed by atoms with Crippen LogP contribution in [0, 0.1) is 0 Å². The normalized spacial score (nSPS) is 10.3. The number of ether oxygens (including phenoxy) is 3. The minimum absolute atomic E-state index is 0.119. The van der Waals surface area contributed by atoms with Gasteiger partial charge < -0.3 is 14.2 Å². The van der Waals surface area contributed by atoms with E-state index in [0.717, 1.165) is 12.8 Å². The maximum atomic E-state index is 12.3. The zero-order valence-electron chi connectivity index (χ0n) is 12.0. The number of carbonyl (C=O) groups is 1. The van der Waals surface area contributed by atoms with Crippen molar-refractivity contribution in [2.45, 2.75) is 26.2 Å². The lowest BCUT2D eigenvalue weighted by atomic mass is 10.0. The molecule has 112 valence electrons. The van der Waals surface area contributed by atoms with Crippen LogP contribution in [0.2, 0.25) is 10.0 Å². The van der Waals surface area contributed by atoms with E-state index in [1.54, 1.807) is 0 Å². The van der Waals surface area contributed by atoms with E-state index in [1.807, 2.05) is 6.92 Å². The summed E-state index contributed by atoms with van der Waals surface area (Å²) in [5.41, 5.74) is 0.263. The zero-order chi connectivity index (χ0) is 15.3. The Morgan fingerprint density at radius 2 is 1.40 bits per heavy atom. The highest BCUT2D eigenvalue weighted by atomic mass is 35.5. The second-order valence-electron chi connectivity index (χ2n) is 4.13. The molecule has 20 heavy (non-hydrogen) atoms. The molecule has 0 aliphatic heterocycles. The van der Waals surface area contributed by atoms with Crippen LogP contribution in [0.25, 0.3) is 0 Å². The first-order chi connectivity index (χ1) is 9.53. The first-order valence-corrected chi connectivity index (χ1v) is 6.99. The summed E-state index contributed by atoms with van der Waals surface area (Å²) >= 11 is 12.4. The highest BCUT2D eigenvalue weighted by Crippen LogP contribution is 2.49. The average Bonchev–Trinajstić information content (AvgIpc) is 2.44. The van der Waals surface area contributed by atoms with Crippen molar-refractivity contribution in [3.8, 4) is 17.2 Å². The van der Waals surface area contributed by atoms with Gasteiger partial charge in [0.25, 0.3) is 0 Å². The number of benzene rings is 1. The average molecular weight is 321 g/mol. The van der Waals surface area contributed by atoms with Crippen molar-refractivity contribution in [1.29, 1.82) is 0 Å². The number of unbranched alkanes of at least 4 members (excludes halogenated alkanes) is 1. The van der Waals surface area contributed by atoms with E-state index in [9.17, 15) is 4.79 Å². The molecule has 0 atom stereocenters. The van der Waals surface area contributed by atoms with Gasteiger partial charge >= 0.3 is 0 Å². The van der Waals surface area contributed by atoms with Crippen molar-refractivity contribution in [3.63, 3.8) is 0 Å². The van der Waals surface area contributed by atoms with Crippen LogP contribution in [0.4, 0.5) is 0 Å². The molecule has 1 aromatic rings. The van der Waals surface area contributed by atoms with Crippen molar-refractivity contribution in [1.82, 2.24) is 0 Å². The van der Waals surface area contributed by atoms with Crippen LogP contribution >= 0.6 is 23.2 Å². The maximum absolute atomic E-state index is 12.3. The number of rotatable bonds is 7. The Morgan fingerprint density at radius 3 is 1.75 bits per heavy atom. The van der Waals surface area contributed by atoms with E-state index in [0.29, 0.717) is 6.42 Å². The van der Waals surface area contributed by atoms with Crippen molar-refractivity contribution >= 4 is 29.0 Å². The predicted molar refractivity (Wildman–Crippen MR) is 80.0 cm³/mol. The van der Waals surface area contributed by atoms with Crippen LogP contribution < -0.4 is 14.2 Å². The first kappa shape index (κ1) is 16.9. The highest BCUT2D eigenvalue weighted by Gasteiger charge is 2.28. The van der Waals surface area contributed by atoms with Gasteiger partial charge in [0.1, 0.15) is 15.6 Å². The van der Waals surface area contributed by atoms with E-state index in [4.69, 9.17) is 37.4 Å². The zero-order valence-corrected chi connectivity index (χ0v) is 13.5. The van der Waals surface area contributed by atoms with Gasteiger partial charge in [0, 0.05) is 6.42 Å². The van der Waals surface area contributed by atoms with Gasteiger partial charge in [-0.15, -0.1) is 0 Å². The summed E-state index contributed by atoms with van der Waals surface area (Å²) in [6.07, 6.45) is 2.06. The number of hydrogen-bond donors (Lipinski definition) is 0. The van der Waals surface area contributed by atoms with Crippen LogP contribution in [-0.2, 0) is 0 Å². The summed E-state index contributed by atoms with van der Waals surface area (Å²) in [5, 5.41) is 0.335. The van der Waals surface area contributed by atoms with Gasteiger partial charge in [-0.3, -0.25) is 4.79 Å². The third-order valence-corrected chi connectivity index (χ3v) is 3.59. The topological polar surface area (TPSA) is 44.8 Å². The Morgan fingerprint density at radius 1 is 0.950 bits per heavy atom. The molecular formula is C14H18Cl2O4. The third-order valence-electron chi connectivity index (χ3n) is 2.90. The Balaban J connectivity index is 3.51. The molecule has 4 nitrogen and oxygen atoms in total. The van der Waals surface area contributed by atoms with Crippen LogP contribution in [0.15, 0.2) is 0 Å². The molecule has 6 heteroatoms. The number of hydrogen-bond acceptors (Lipinski definition) is 4. The summed E-state index contributed by atoms with van der Waals surface area (Å²) in [6.45, 7) is 2.01. The van der Waals surface area contributed by atoms with E-state index in [-0.39, 0.29) is 38.6 Å². The molecule has 0 fully saturated rings. The van der Waals surface area contributed by atoms with Crippen molar-refractivity contribution in [3.05, 3.63) is 15.6 Å². The largest absolute Gasteiger partial charge is 0.494 e. The predicted octanol–water partition coefficient (Wildman–Crippen LogP) is 4.39. The van der Waals surface area contributed by atoms with Crippen LogP contribution in [0.3, 0.4) is 0 Å². The summed E-state index contributed by atoms with van der Waals surface area (Å²) in [7, 11) is 4.31. The summed E-state index contributed by atoms with van der Waals surface area (Å²) in [5.74, 6) is 0.567. The molecule has 0 bridgehead atoms. The first-order valence-electron chi connectivity index (χ1n) is 6.23. The lowest BCUT2D eigenvalue weighted by Gasteiger charge is -2.18. The van der Waals surface area contributed by atoms with Crippen LogP contribution in [-0.4, -0.2) is 27.1 Å². The van der Waals surface area contributed by atoms with Crippen molar-refractivity contribution in [2.24, 2.45) is 0 Å². The molecular weight excluding hydrogens is 303 g/mol. The molecule has 1 aromatic carbocycles. The molecule has 0 unspecified atom stereocenters. The quantitative estimate of drug-likeness (QED) is 0.699. The van der Waals surface area contributed by atoms with Gasteiger partial charge in [-0.25, -0.2) is 0 Å². The molecule has 0 heterocycles. The molecule has 0 radical (unpaired) electrons. The summed E-state index contributed by atoms with van der Waals surface area (Å²) < 4.78 is 15.6. The van der Waals surface area contributed by atoms with Crippen molar-refractivity contribution < 1.29 is 19.0 Å². The van der Waals surface area contributed by atoms with E-state index in [1.165, 1.54) is 21.3 Å². The van der Waals surface area contributed by atoms with E-state index < -0.39 is 0 Å². The molecule has 0 aromatic heterocycles. The molecule has 0 N–H and O–H groups in total. The SMILES string of the molecule is CCCCC(=O)c1c(OC)c(Cl)c(OC)c(Cl)c1OC. The molecule has 0 saturated carbocycles. The number of halogens is 2. The molecule has 0 spiro atoms. The maximum Gasteiger partial charge on any atom is 0.170 e. The fourth-order valence-corrected chi connectivity index (χ4v) is 2.64. The summed E-state index contributed by atoms with van der Waals surface area (Å²) in [4.78, 5) is 12.3. The standard InChI is InChI=1S/C14H18Cl2O4/c1-5-6-7-8(17)9-12(18-2)10(15)14(20-4)11(16)13(9)19-3/h5-7H2,1-4H3. The number of ketones is 1. The smallest absolute Gasteiger partial charge is 0.170 e. The summed E-state index contributed by atoms with van der Waals surface area (Å²) in [6, 6.07) is 0. The minimum atomic E-state index is -0.119. The minimum Gasteiger partial charge on any atom is -0.494 e. The monoisotopic (exact) mass is 320 g/mol. The number of methoxy groups -OCH3 is 3. The third kappa shape index (κ3) is 3.13. The Bertz CT molecular complexity index is 469. The van der Waals surface area contributed by atoms with Gasteiger partial charge in [-0.05, 0) is 6.42 Å². The Labute approximate surface area is 128 Å². The van der Waals surface area contributed by atoms with Gasteiger partial charge in [0.2, 0.25) is 0 Å².